The molecule has 0 unspecified atom stereocenters. The van der Waals surface area contributed by atoms with Crippen molar-refractivity contribution < 1.29 is 14.3 Å². The number of rotatable bonds is 8. The molecule has 3 rings (SSSR count). The van der Waals surface area contributed by atoms with E-state index in [-0.39, 0.29) is 17.6 Å². The number of fused-ring (bicyclic) bond motifs is 1. The van der Waals surface area contributed by atoms with Gasteiger partial charge in [-0.2, -0.15) is 0 Å². The van der Waals surface area contributed by atoms with E-state index in [1.54, 1.807) is 13.1 Å². The zero-order chi connectivity index (χ0) is 21.0. The highest BCUT2D eigenvalue weighted by molar-refractivity contribution is 5.95. The lowest BCUT2D eigenvalue weighted by Crippen LogP contribution is -2.23. The van der Waals surface area contributed by atoms with Crippen LogP contribution in [0.5, 0.6) is 0 Å². The molecule has 29 heavy (non-hydrogen) atoms. The second-order valence-corrected chi connectivity index (χ2v) is 8.13. The maximum Gasteiger partial charge on any atom is 0.343 e. The summed E-state index contributed by atoms with van der Waals surface area (Å²) in [5, 5.41) is 0.531. The van der Waals surface area contributed by atoms with Crippen molar-refractivity contribution in [3.05, 3.63) is 39.7 Å². The molecule has 1 fully saturated rings. The molecule has 6 nitrogen and oxygen atoms in total. The third-order valence-electron chi connectivity index (χ3n) is 5.41. The number of ether oxygens (including phenoxy) is 2. The summed E-state index contributed by atoms with van der Waals surface area (Å²) >= 11 is 0. The number of aromatic nitrogens is 1. The highest BCUT2D eigenvalue weighted by Crippen LogP contribution is 2.28. The van der Waals surface area contributed by atoms with Gasteiger partial charge in [0.15, 0.2) is 0 Å². The van der Waals surface area contributed by atoms with Gasteiger partial charge in [-0.25, -0.2) is 4.79 Å². The van der Waals surface area contributed by atoms with Gasteiger partial charge in [-0.3, -0.25) is 4.79 Å². The molecule has 2 heterocycles. The predicted molar refractivity (Wildman–Crippen MR) is 116 cm³/mol. The van der Waals surface area contributed by atoms with E-state index in [0.717, 1.165) is 36.3 Å². The van der Waals surface area contributed by atoms with Gasteiger partial charge in [-0.05, 0) is 56.7 Å². The summed E-state index contributed by atoms with van der Waals surface area (Å²) in [4.78, 5) is 27.8. The Hall–Kier alpha value is -2.34. The first-order valence-corrected chi connectivity index (χ1v) is 10.6. The summed E-state index contributed by atoms with van der Waals surface area (Å²) in [6.07, 6.45) is 4.91. The van der Waals surface area contributed by atoms with E-state index >= 15 is 0 Å². The molecule has 1 aliphatic rings. The Kier molecular flexibility index (Phi) is 6.96. The highest BCUT2D eigenvalue weighted by atomic mass is 16.5. The van der Waals surface area contributed by atoms with Crippen LogP contribution >= 0.6 is 0 Å². The van der Waals surface area contributed by atoms with E-state index in [2.05, 4.69) is 24.8 Å². The lowest BCUT2D eigenvalue weighted by Gasteiger charge is -2.22. The molecule has 1 aliphatic heterocycles. The Balaban J connectivity index is 2.06. The quantitative estimate of drug-likeness (QED) is 0.493. The number of esters is 1. The second kappa shape index (κ2) is 9.44. The number of benzene rings is 1. The van der Waals surface area contributed by atoms with Gasteiger partial charge in [-0.15, -0.1) is 0 Å². The summed E-state index contributed by atoms with van der Waals surface area (Å²) in [6.45, 7) is 11.3. The summed E-state index contributed by atoms with van der Waals surface area (Å²) in [6, 6.07) is 3.97. The van der Waals surface area contributed by atoms with E-state index in [9.17, 15) is 9.59 Å². The third kappa shape index (κ3) is 4.81. The Morgan fingerprint density at radius 3 is 2.59 bits per heavy atom. The fourth-order valence-electron chi connectivity index (χ4n) is 3.78. The van der Waals surface area contributed by atoms with Crippen molar-refractivity contribution in [2.75, 3.05) is 31.2 Å². The number of anilines is 1. The second-order valence-electron chi connectivity index (χ2n) is 8.13. The Labute approximate surface area is 172 Å². The SMILES string of the molecule is CCOC(=O)c1cn(COCCC(C)C)c2cc(N3CCCC3)c(C)cc2c1=O. The number of hydrogen-bond donors (Lipinski definition) is 0. The maximum absolute atomic E-state index is 13.0. The van der Waals surface area contributed by atoms with Gasteiger partial charge in [-0.1, -0.05) is 13.8 Å². The van der Waals surface area contributed by atoms with Crippen LogP contribution in [0.4, 0.5) is 5.69 Å². The zero-order valence-corrected chi connectivity index (χ0v) is 18.0. The molecule has 0 aliphatic carbocycles. The van der Waals surface area contributed by atoms with E-state index in [1.807, 2.05) is 17.6 Å². The van der Waals surface area contributed by atoms with Crippen molar-refractivity contribution in [3.8, 4) is 0 Å². The fourth-order valence-corrected chi connectivity index (χ4v) is 3.78. The van der Waals surface area contributed by atoms with Crippen LogP contribution < -0.4 is 10.3 Å². The highest BCUT2D eigenvalue weighted by Gasteiger charge is 2.20. The molecule has 0 amide bonds. The molecule has 0 atom stereocenters. The maximum atomic E-state index is 13.0. The molecular formula is C23H32N2O4. The van der Waals surface area contributed by atoms with Crippen LogP contribution in [0.2, 0.25) is 0 Å². The van der Waals surface area contributed by atoms with E-state index in [4.69, 9.17) is 9.47 Å². The minimum absolute atomic E-state index is 0.0557. The Morgan fingerprint density at radius 1 is 1.21 bits per heavy atom. The average molecular weight is 401 g/mol. The van der Waals surface area contributed by atoms with Gasteiger partial charge in [0.2, 0.25) is 5.43 Å². The Morgan fingerprint density at radius 2 is 1.93 bits per heavy atom. The minimum Gasteiger partial charge on any atom is -0.462 e. The molecule has 158 valence electrons. The van der Waals surface area contributed by atoms with Gasteiger partial charge in [0.05, 0.1) is 12.1 Å². The Bertz CT molecular complexity index is 927. The number of carbonyl (C=O) groups excluding carboxylic acids is 1. The van der Waals surface area contributed by atoms with E-state index in [1.165, 1.54) is 12.8 Å². The first-order chi connectivity index (χ1) is 13.9. The van der Waals surface area contributed by atoms with Gasteiger partial charge >= 0.3 is 5.97 Å². The van der Waals surface area contributed by atoms with Crippen molar-refractivity contribution >= 4 is 22.6 Å². The predicted octanol–water partition coefficient (Wildman–Crippen LogP) is 4.11. The summed E-state index contributed by atoms with van der Waals surface area (Å²) in [7, 11) is 0. The van der Waals surface area contributed by atoms with Crippen molar-refractivity contribution in [2.45, 2.75) is 53.7 Å². The van der Waals surface area contributed by atoms with Crippen molar-refractivity contribution in [1.82, 2.24) is 4.57 Å². The standard InChI is InChI=1S/C23H32N2O4/c1-5-29-23(27)19-14-25(15-28-11-8-16(2)3)21-13-20(24-9-6-7-10-24)17(4)12-18(21)22(19)26/h12-14,16H,5-11,15H2,1-4H3. The van der Waals surface area contributed by atoms with Crippen molar-refractivity contribution in [3.63, 3.8) is 0 Å². The van der Waals surface area contributed by atoms with Crippen LogP contribution in [0.15, 0.2) is 23.1 Å². The molecule has 1 saturated heterocycles. The number of aryl methyl sites for hydroxylation is 1. The van der Waals surface area contributed by atoms with Crippen LogP contribution in [0.1, 0.15) is 56.0 Å². The van der Waals surface area contributed by atoms with Gasteiger partial charge in [0, 0.05) is 37.0 Å². The van der Waals surface area contributed by atoms with Crippen LogP contribution in [0, 0.1) is 12.8 Å². The van der Waals surface area contributed by atoms with Gasteiger partial charge in [0.25, 0.3) is 0 Å². The minimum atomic E-state index is -0.586. The number of nitrogens with zero attached hydrogens (tertiary/aromatic N) is 2. The van der Waals surface area contributed by atoms with E-state index < -0.39 is 5.97 Å². The van der Waals surface area contributed by atoms with Crippen LogP contribution in [-0.2, 0) is 16.2 Å². The normalized spacial score (nSPS) is 14.2. The van der Waals surface area contributed by atoms with E-state index in [0.29, 0.717) is 24.6 Å². The third-order valence-corrected chi connectivity index (χ3v) is 5.41. The largest absolute Gasteiger partial charge is 0.462 e. The lowest BCUT2D eigenvalue weighted by molar-refractivity contribution is 0.0519. The zero-order valence-electron chi connectivity index (χ0n) is 18.0. The summed E-state index contributed by atoms with van der Waals surface area (Å²) in [5.74, 6) is -0.0307. The van der Waals surface area contributed by atoms with Gasteiger partial charge in [0.1, 0.15) is 12.3 Å². The van der Waals surface area contributed by atoms with Crippen LogP contribution in [0.3, 0.4) is 0 Å². The number of carbonyl (C=O) groups is 1. The molecule has 0 radical (unpaired) electrons. The summed E-state index contributed by atoms with van der Waals surface area (Å²) < 4.78 is 12.8. The molecule has 0 N–H and O–H groups in total. The molecule has 6 heteroatoms. The number of pyridine rings is 1. The number of hydrogen-bond acceptors (Lipinski definition) is 5. The molecule has 1 aromatic heterocycles. The van der Waals surface area contributed by atoms with Crippen LogP contribution in [0.25, 0.3) is 10.9 Å². The van der Waals surface area contributed by atoms with Gasteiger partial charge < -0.3 is 18.9 Å². The molecule has 1 aromatic carbocycles. The van der Waals surface area contributed by atoms with Crippen molar-refractivity contribution in [1.29, 1.82) is 0 Å². The molecule has 0 bridgehead atoms. The monoisotopic (exact) mass is 400 g/mol. The average Bonchev–Trinajstić information content (AvgIpc) is 3.21. The van der Waals surface area contributed by atoms with Crippen molar-refractivity contribution in [2.24, 2.45) is 5.92 Å². The smallest absolute Gasteiger partial charge is 0.343 e. The molecule has 2 aromatic rings. The summed E-state index contributed by atoms with van der Waals surface area (Å²) in [5.41, 5.74) is 2.76. The fraction of sp³-hybridized carbons (Fsp3) is 0.565. The topological polar surface area (TPSA) is 60.8 Å². The lowest BCUT2D eigenvalue weighted by atomic mass is 10.1. The first-order valence-electron chi connectivity index (χ1n) is 10.6. The molecule has 0 saturated carbocycles. The molecular weight excluding hydrogens is 368 g/mol. The van der Waals surface area contributed by atoms with Crippen LogP contribution in [-0.4, -0.2) is 36.8 Å². The first kappa shape index (κ1) is 21.4. The molecule has 0 spiro atoms.